The molecule has 2 aromatic carbocycles. The van der Waals surface area contributed by atoms with E-state index in [0.29, 0.717) is 17.1 Å². The molecule has 0 spiro atoms. The molecule has 0 aliphatic carbocycles. The van der Waals surface area contributed by atoms with Crippen molar-refractivity contribution in [3.05, 3.63) is 53.6 Å². The minimum atomic E-state index is -0.420. The third-order valence-electron chi connectivity index (χ3n) is 3.56. The first-order chi connectivity index (χ1) is 12.7. The Morgan fingerprint density at radius 1 is 1.15 bits per heavy atom. The summed E-state index contributed by atoms with van der Waals surface area (Å²) < 4.78 is 10.4. The molecule has 1 aliphatic heterocycles. The third-order valence-corrected chi connectivity index (χ3v) is 4.31. The highest BCUT2D eigenvalue weighted by Crippen LogP contribution is 2.32. The SMILES string of the molecule is CSc1ccc(/C=N/NC(=O)CNC(=O)c2ccc3c(c2)OCO3)cc1. The van der Waals surface area contributed by atoms with Gasteiger partial charge in [-0.25, -0.2) is 5.43 Å². The van der Waals surface area contributed by atoms with E-state index < -0.39 is 5.91 Å². The van der Waals surface area contributed by atoms with Crippen LogP contribution in [0, 0.1) is 0 Å². The lowest BCUT2D eigenvalue weighted by molar-refractivity contribution is -0.120. The second-order valence-electron chi connectivity index (χ2n) is 5.32. The smallest absolute Gasteiger partial charge is 0.259 e. The topological polar surface area (TPSA) is 89.0 Å². The van der Waals surface area contributed by atoms with Crippen LogP contribution in [-0.2, 0) is 4.79 Å². The van der Waals surface area contributed by atoms with Gasteiger partial charge in [0.2, 0.25) is 6.79 Å². The van der Waals surface area contributed by atoms with Crippen LogP contribution in [0.15, 0.2) is 52.5 Å². The number of nitrogens with zero attached hydrogens (tertiary/aromatic N) is 1. The van der Waals surface area contributed by atoms with Gasteiger partial charge < -0.3 is 14.8 Å². The van der Waals surface area contributed by atoms with E-state index in [0.717, 1.165) is 10.5 Å². The number of hydrogen-bond donors (Lipinski definition) is 2. The molecule has 0 atom stereocenters. The number of rotatable bonds is 6. The molecular formula is C18H17N3O4S. The van der Waals surface area contributed by atoms with Crippen molar-refractivity contribution in [2.75, 3.05) is 19.6 Å². The Bertz CT molecular complexity index is 837. The summed E-state index contributed by atoms with van der Waals surface area (Å²) in [5.41, 5.74) is 3.63. The van der Waals surface area contributed by atoms with E-state index in [9.17, 15) is 9.59 Å². The van der Waals surface area contributed by atoms with Crippen molar-refractivity contribution in [3.8, 4) is 11.5 Å². The zero-order valence-corrected chi connectivity index (χ0v) is 14.8. The number of nitrogens with one attached hydrogen (secondary N) is 2. The number of fused-ring (bicyclic) bond motifs is 1. The molecule has 0 saturated heterocycles. The van der Waals surface area contributed by atoms with E-state index in [-0.39, 0.29) is 19.2 Å². The lowest BCUT2D eigenvalue weighted by Crippen LogP contribution is -2.34. The van der Waals surface area contributed by atoms with Gasteiger partial charge in [-0.05, 0) is 42.2 Å². The first kappa shape index (κ1) is 17.8. The maximum Gasteiger partial charge on any atom is 0.259 e. The number of thioether (sulfide) groups is 1. The molecule has 0 unspecified atom stereocenters. The fourth-order valence-electron chi connectivity index (χ4n) is 2.21. The van der Waals surface area contributed by atoms with Gasteiger partial charge in [0, 0.05) is 10.5 Å². The van der Waals surface area contributed by atoms with Crippen molar-refractivity contribution in [1.82, 2.24) is 10.7 Å². The number of carbonyl (C=O) groups is 2. The quantitative estimate of drug-likeness (QED) is 0.461. The summed E-state index contributed by atoms with van der Waals surface area (Å²) in [4.78, 5) is 25.0. The molecule has 2 N–H and O–H groups in total. The maximum absolute atomic E-state index is 12.1. The first-order valence-corrected chi connectivity index (χ1v) is 9.02. The highest BCUT2D eigenvalue weighted by Gasteiger charge is 2.16. The first-order valence-electron chi connectivity index (χ1n) is 7.79. The van der Waals surface area contributed by atoms with Crippen molar-refractivity contribution in [2.24, 2.45) is 5.10 Å². The van der Waals surface area contributed by atoms with Gasteiger partial charge in [0.05, 0.1) is 12.8 Å². The number of ether oxygens (including phenoxy) is 2. The molecule has 134 valence electrons. The standard InChI is InChI=1S/C18H17N3O4S/c1-26-14-5-2-12(3-6-14)9-20-21-17(22)10-19-18(23)13-4-7-15-16(8-13)25-11-24-15/h2-9H,10-11H2,1H3,(H,19,23)(H,21,22)/b20-9+. The minimum Gasteiger partial charge on any atom is -0.454 e. The van der Waals surface area contributed by atoms with Gasteiger partial charge in [0.15, 0.2) is 11.5 Å². The average molecular weight is 371 g/mol. The second kappa shape index (κ2) is 8.39. The van der Waals surface area contributed by atoms with Crippen LogP contribution in [0.25, 0.3) is 0 Å². The lowest BCUT2D eigenvalue weighted by Gasteiger charge is -2.05. The molecule has 2 amide bonds. The summed E-state index contributed by atoms with van der Waals surface area (Å²) >= 11 is 1.65. The monoisotopic (exact) mass is 371 g/mol. The van der Waals surface area contributed by atoms with Gasteiger partial charge >= 0.3 is 0 Å². The van der Waals surface area contributed by atoms with Gasteiger partial charge in [-0.3, -0.25) is 9.59 Å². The maximum atomic E-state index is 12.1. The predicted molar refractivity (Wildman–Crippen MR) is 98.9 cm³/mol. The van der Waals surface area contributed by atoms with Crippen LogP contribution < -0.4 is 20.2 Å². The number of benzene rings is 2. The Hall–Kier alpha value is -3.00. The van der Waals surface area contributed by atoms with E-state index in [2.05, 4.69) is 15.8 Å². The van der Waals surface area contributed by atoms with Crippen LogP contribution >= 0.6 is 11.8 Å². The molecule has 0 aromatic heterocycles. The van der Waals surface area contributed by atoms with Crippen molar-refractivity contribution >= 4 is 29.8 Å². The van der Waals surface area contributed by atoms with Crippen LogP contribution in [-0.4, -0.2) is 37.6 Å². The van der Waals surface area contributed by atoms with Crippen molar-refractivity contribution < 1.29 is 19.1 Å². The molecule has 7 nitrogen and oxygen atoms in total. The van der Waals surface area contributed by atoms with Crippen LogP contribution in [0.3, 0.4) is 0 Å². The van der Waals surface area contributed by atoms with Gasteiger partial charge in [0.1, 0.15) is 0 Å². The highest BCUT2D eigenvalue weighted by molar-refractivity contribution is 7.98. The highest BCUT2D eigenvalue weighted by atomic mass is 32.2. The predicted octanol–water partition coefficient (Wildman–Crippen LogP) is 2.02. The van der Waals surface area contributed by atoms with E-state index >= 15 is 0 Å². The molecule has 1 heterocycles. The van der Waals surface area contributed by atoms with E-state index in [4.69, 9.17) is 9.47 Å². The fourth-order valence-corrected chi connectivity index (χ4v) is 2.62. The zero-order chi connectivity index (χ0) is 18.4. The summed E-state index contributed by atoms with van der Waals surface area (Å²) in [5, 5.41) is 6.41. The summed E-state index contributed by atoms with van der Waals surface area (Å²) in [6.07, 6.45) is 3.54. The van der Waals surface area contributed by atoms with Crippen LogP contribution in [0.5, 0.6) is 11.5 Å². The van der Waals surface area contributed by atoms with E-state index in [1.165, 1.54) is 0 Å². The Kier molecular flexibility index (Phi) is 5.75. The number of carbonyl (C=O) groups excluding carboxylic acids is 2. The van der Waals surface area contributed by atoms with Crippen LogP contribution in [0.1, 0.15) is 15.9 Å². The Labute approximate surface area is 154 Å². The Morgan fingerprint density at radius 2 is 1.92 bits per heavy atom. The van der Waals surface area contributed by atoms with Gasteiger partial charge in [-0.2, -0.15) is 5.10 Å². The molecule has 8 heteroatoms. The molecule has 0 saturated carbocycles. The van der Waals surface area contributed by atoms with Gasteiger partial charge in [-0.15, -0.1) is 11.8 Å². The largest absolute Gasteiger partial charge is 0.454 e. The zero-order valence-electron chi connectivity index (χ0n) is 14.0. The third kappa shape index (κ3) is 4.54. The van der Waals surface area contributed by atoms with Crippen molar-refractivity contribution in [3.63, 3.8) is 0 Å². The molecule has 26 heavy (non-hydrogen) atoms. The Morgan fingerprint density at radius 3 is 2.69 bits per heavy atom. The molecule has 0 radical (unpaired) electrons. The lowest BCUT2D eigenvalue weighted by atomic mass is 10.2. The summed E-state index contributed by atoms with van der Waals surface area (Å²) in [6, 6.07) is 12.6. The van der Waals surface area contributed by atoms with Crippen molar-refractivity contribution in [1.29, 1.82) is 0 Å². The average Bonchev–Trinajstić information content (AvgIpc) is 3.14. The molecule has 0 bridgehead atoms. The molecule has 3 rings (SSSR count). The van der Waals surface area contributed by atoms with Gasteiger partial charge in [-0.1, -0.05) is 12.1 Å². The number of hydrogen-bond acceptors (Lipinski definition) is 6. The summed E-state index contributed by atoms with van der Waals surface area (Å²) in [6.45, 7) is -0.0448. The molecule has 1 aliphatic rings. The van der Waals surface area contributed by atoms with Crippen LogP contribution in [0.2, 0.25) is 0 Å². The number of hydrazone groups is 1. The van der Waals surface area contributed by atoms with Gasteiger partial charge in [0.25, 0.3) is 11.8 Å². The van der Waals surface area contributed by atoms with Crippen LogP contribution in [0.4, 0.5) is 0 Å². The summed E-state index contributed by atoms with van der Waals surface area (Å²) in [5.74, 6) is 0.310. The molecule has 2 aromatic rings. The van der Waals surface area contributed by atoms with E-state index in [1.54, 1.807) is 36.2 Å². The van der Waals surface area contributed by atoms with Crippen molar-refractivity contribution in [2.45, 2.75) is 4.90 Å². The molecule has 0 fully saturated rings. The fraction of sp³-hybridized carbons (Fsp3) is 0.167. The molecular weight excluding hydrogens is 354 g/mol. The second-order valence-corrected chi connectivity index (χ2v) is 6.20. The normalized spacial score (nSPS) is 12.2. The minimum absolute atomic E-state index is 0.140. The summed E-state index contributed by atoms with van der Waals surface area (Å²) in [7, 11) is 0. The Balaban J connectivity index is 1.46. The van der Waals surface area contributed by atoms with E-state index in [1.807, 2.05) is 30.5 Å². The number of amides is 2.